The molecule has 0 aliphatic rings. The minimum absolute atomic E-state index is 0.0718. The summed E-state index contributed by atoms with van der Waals surface area (Å²) < 4.78 is 0. The number of benzene rings is 1. The van der Waals surface area contributed by atoms with Crippen molar-refractivity contribution < 1.29 is 4.79 Å². The number of rotatable bonds is 4. The van der Waals surface area contributed by atoms with Gasteiger partial charge >= 0.3 is 0 Å². The molecule has 0 radical (unpaired) electrons. The fourth-order valence-electron chi connectivity index (χ4n) is 1.72. The van der Waals surface area contributed by atoms with E-state index in [1.165, 1.54) is 4.88 Å². The van der Waals surface area contributed by atoms with Crippen LogP contribution in [-0.2, 0) is 6.42 Å². The molecule has 0 atom stereocenters. The van der Waals surface area contributed by atoms with E-state index < -0.39 is 0 Å². The third kappa shape index (κ3) is 3.75. The maximum absolute atomic E-state index is 12.3. The van der Waals surface area contributed by atoms with Crippen LogP contribution >= 0.6 is 35.6 Å². The molecule has 0 N–H and O–H groups in total. The van der Waals surface area contributed by atoms with Crippen LogP contribution in [0, 0.1) is 0 Å². The Morgan fingerprint density at radius 2 is 2.21 bits per heavy atom. The molecule has 0 saturated heterocycles. The van der Waals surface area contributed by atoms with Gasteiger partial charge < -0.3 is 4.90 Å². The van der Waals surface area contributed by atoms with Gasteiger partial charge in [-0.05, 0) is 36.1 Å². The summed E-state index contributed by atoms with van der Waals surface area (Å²) in [7, 11) is 1.79. The normalized spacial score (nSPS) is 10.5. The average Bonchev–Trinajstić information content (AvgIpc) is 2.91. The minimum atomic E-state index is -0.0718. The van der Waals surface area contributed by atoms with E-state index >= 15 is 0 Å². The van der Waals surface area contributed by atoms with Crippen LogP contribution < -0.4 is 0 Å². The van der Waals surface area contributed by atoms with Crippen molar-refractivity contribution in [1.29, 1.82) is 0 Å². The van der Waals surface area contributed by atoms with E-state index in [-0.39, 0.29) is 5.91 Å². The minimum Gasteiger partial charge on any atom is -0.341 e. The standard InChI is InChI=1S/C14H14ClNOS2/c1-16(7-6-11-3-2-8-19-11)14(17)12-9-10(18)4-5-13(12)15/h2-5,8-9,18H,6-7H2,1H3. The largest absolute Gasteiger partial charge is 0.341 e. The topological polar surface area (TPSA) is 20.3 Å². The number of carbonyl (C=O) groups is 1. The van der Waals surface area contributed by atoms with Crippen molar-refractivity contribution in [3.63, 3.8) is 0 Å². The van der Waals surface area contributed by atoms with Gasteiger partial charge in [0.2, 0.25) is 0 Å². The summed E-state index contributed by atoms with van der Waals surface area (Å²) >= 11 is 12.0. The summed E-state index contributed by atoms with van der Waals surface area (Å²) in [4.78, 5) is 16.0. The molecule has 19 heavy (non-hydrogen) atoms. The maximum Gasteiger partial charge on any atom is 0.255 e. The van der Waals surface area contributed by atoms with E-state index in [0.29, 0.717) is 17.1 Å². The predicted octanol–water partition coefficient (Wildman–Crippen LogP) is 4.00. The average molecular weight is 312 g/mol. The van der Waals surface area contributed by atoms with Gasteiger partial charge in [-0.1, -0.05) is 17.7 Å². The Bertz CT molecular complexity index is 569. The quantitative estimate of drug-likeness (QED) is 0.846. The number of hydrogen-bond acceptors (Lipinski definition) is 3. The van der Waals surface area contributed by atoms with E-state index in [1.54, 1.807) is 41.5 Å². The van der Waals surface area contributed by atoms with E-state index in [1.807, 2.05) is 11.4 Å². The number of hydrogen-bond donors (Lipinski definition) is 1. The zero-order valence-corrected chi connectivity index (χ0v) is 12.9. The number of halogens is 1. The van der Waals surface area contributed by atoms with Crippen molar-refractivity contribution in [2.24, 2.45) is 0 Å². The van der Waals surface area contributed by atoms with Crippen molar-refractivity contribution >= 4 is 41.5 Å². The summed E-state index contributed by atoms with van der Waals surface area (Å²) in [6.07, 6.45) is 0.859. The Morgan fingerprint density at radius 1 is 1.42 bits per heavy atom. The second-order valence-electron chi connectivity index (χ2n) is 4.22. The van der Waals surface area contributed by atoms with Gasteiger partial charge in [0.25, 0.3) is 5.91 Å². The highest BCUT2D eigenvalue weighted by atomic mass is 35.5. The van der Waals surface area contributed by atoms with E-state index in [9.17, 15) is 4.79 Å². The van der Waals surface area contributed by atoms with Gasteiger partial charge in [-0.3, -0.25) is 4.79 Å². The van der Waals surface area contributed by atoms with E-state index in [0.717, 1.165) is 11.3 Å². The Balaban J connectivity index is 2.04. The number of thiol groups is 1. The highest BCUT2D eigenvalue weighted by Gasteiger charge is 2.15. The predicted molar refractivity (Wildman–Crippen MR) is 83.7 cm³/mol. The smallest absolute Gasteiger partial charge is 0.255 e. The maximum atomic E-state index is 12.3. The number of thiophene rings is 1. The second-order valence-corrected chi connectivity index (χ2v) is 6.18. The lowest BCUT2D eigenvalue weighted by Crippen LogP contribution is -2.28. The highest BCUT2D eigenvalue weighted by Crippen LogP contribution is 2.21. The summed E-state index contributed by atoms with van der Waals surface area (Å²) in [6, 6.07) is 9.26. The highest BCUT2D eigenvalue weighted by molar-refractivity contribution is 7.80. The molecule has 1 aromatic heterocycles. The van der Waals surface area contributed by atoms with Crippen LogP contribution in [0.3, 0.4) is 0 Å². The molecule has 2 nitrogen and oxygen atoms in total. The van der Waals surface area contributed by atoms with Crippen LogP contribution in [0.4, 0.5) is 0 Å². The number of nitrogens with zero attached hydrogens (tertiary/aromatic N) is 1. The summed E-state index contributed by atoms with van der Waals surface area (Å²) in [5.74, 6) is -0.0718. The second kappa shape index (κ2) is 6.46. The number of likely N-dealkylation sites (N-methyl/N-ethyl adjacent to an activating group) is 1. The van der Waals surface area contributed by atoms with Gasteiger partial charge in [-0.15, -0.1) is 24.0 Å². The van der Waals surface area contributed by atoms with Crippen LogP contribution in [0.5, 0.6) is 0 Å². The molecule has 1 aromatic carbocycles. The zero-order valence-electron chi connectivity index (χ0n) is 10.5. The Labute approximate surface area is 127 Å². The molecular formula is C14H14ClNOS2. The summed E-state index contributed by atoms with van der Waals surface area (Å²) in [5, 5.41) is 2.50. The summed E-state index contributed by atoms with van der Waals surface area (Å²) in [6.45, 7) is 0.673. The van der Waals surface area contributed by atoms with Crippen LogP contribution in [-0.4, -0.2) is 24.4 Å². The molecule has 0 bridgehead atoms. The molecule has 0 fully saturated rings. The van der Waals surface area contributed by atoms with Gasteiger partial charge in [0, 0.05) is 23.4 Å². The lowest BCUT2D eigenvalue weighted by atomic mass is 10.2. The molecule has 0 aliphatic carbocycles. The Kier molecular flexibility index (Phi) is 4.91. The van der Waals surface area contributed by atoms with Crippen LogP contribution in [0.1, 0.15) is 15.2 Å². The molecule has 5 heteroatoms. The van der Waals surface area contributed by atoms with Crippen LogP contribution in [0.2, 0.25) is 5.02 Å². The third-order valence-electron chi connectivity index (χ3n) is 2.80. The molecule has 1 heterocycles. The van der Waals surface area contributed by atoms with Gasteiger partial charge in [-0.25, -0.2) is 0 Å². The first-order chi connectivity index (χ1) is 9.08. The molecular weight excluding hydrogens is 298 g/mol. The molecule has 0 spiro atoms. The van der Waals surface area contributed by atoms with Crippen molar-refractivity contribution in [3.8, 4) is 0 Å². The number of amides is 1. The third-order valence-corrected chi connectivity index (χ3v) is 4.34. The molecule has 1 amide bonds. The molecule has 2 rings (SSSR count). The fourth-order valence-corrected chi connectivity index (χ4v) is 2.82. The van der Waals surface area contributed by atoms with Crippen molar-refractivity contribution in [2.75, 3.05) is 13.6 Å². The van der Waals surface area contributed by atoms with E-state index in [4.69, 9.17) is 11.6 Å². The Morgan fingerprint density at radius 3 is 2.89 bits per heavy atom. The van der Waals surface area contributed by atoms with Gasteiger partial charge in [0.15, 0.2) is 0 Å². The number of carbonyl (C=O) groups excluding carboxylic acids is 1. The molecule has 0 aliphatic heterocycles. The van der Waals surface area contributed by atoms with Gasteiger partial charge in [0.05, 0.1) is 10.6 Å². The van der Waals surface area contributed by atoms with Crippen molar-refractivity contribution in [1.82, 2.24) is 4.90 Å². The van der Waals surface area contributed by atoms with Crippen LogP contribution in [0.15, 0.2) is 40.6 Å². The van der Waals surface area contributed by atoms with Gasteiger partial charge in [-0.2, -0.15) is 0 Å². The van der Waals surface area contributed by atoms with E-state index in [2.05, 4.69) is 18.7 Å². The SMILES string of the molecule is CN(CCc1cccs1)C(=O)c1cc(S)ccc1Cl. The molecule has 0 unspecified atom stereocenters. The van der Waals surface area contributed by atoms with Crippen LogP contribution in [0.25, 0.3) is 0 Å². The molecule has 100 valence electrons. The van der Waals surface area contributed by atoms with Crippen molar-refractivity contribution in [2.45, 2.75) is 11.3 Å². The lowest BCUT2D eigenvalue weighted by Gasteiger charge is -2.17. The van der Waals surface area contributed by atoms with Crippen molar-refractivity contribution in [3.05, 3.63) is 51.2 Å². The van der Waals surface area contributed by atoms with Gasteiger partial charge in [0.1, 0.15) is 0 Å². The lowest BCUT2D eigenvalue weighted by molar-refractivity contribution is 0.0797. The zero-order chi connectivity index (χ0) is 13.8. The first-order valence-corrected chi connectivity index (χ1v) is 7.55. The Hall–Kier alpha value is -0.970. The molecule has 2 aromatic rings. The summed E-state index contributed by atoms with van der Waals surface area (Å²) in [5.41, 5.74) is 0.503. The fraction of sp³-hybridized carbons (Fsp3) is 0.214. The first-order valence-electron chi connectivity index (χ1n) is 5.84. The monoisotopic (exact) mass is 311 g/mol. The molecule has 0 saturated carbocycles. The first kappa shape index (κ1) is 14.4.